The van der Waals surface area contributed by atoms with Gasteiger partial charge in [-0.2, -0.15) is 11.1 Å². The van der Waals surface area contributed by atoms with Gasteiger partial charge in [0.05, 0.1) is 0 Å². The Morgan fingerprint density at radius 3 is 1.45 bits per heavy atom. The van der Waals surface area contributed by atoms with Gasteiger partial charge in [0, 0.05) is 0 Å². The Morgan fingerprint density at radius 2 is 1.19 bits per heavy atom. The van der Waals surface area contributed by atoms with E-state index in [0.29, 0.717) is 24.2 Å². The van der Waals surface area contributed by atoms with Gasteiger partial charge in [-0.15, -0.1) is 12.5 Å². The SMILES string of the molecule is CC1=[C-]C(C)C(C)=C1C.[CH3-].[GeH2][c]1ccccc1.[NH-]C12CC3CC(C1)CC(F)(C3)C2.[Zr+3].c1ccc(-c2ccccc2)cc1. The average Bonchev–Trinajstić information content (AvgIpc) is 3.14. The first-order valence-electron chi connectivity index (χ1n) is 14.8. The zero-order chi connectivity index (χ0) is 28.8. The smallest absolute Gasteiger partial charge is 0.672 e. The molecule has 5 aliphatic carbocycles. The van der Waals surface area contributed by atoms with Crippen LogP contribution in [0.1, 0.15) is 66.2 Å². The molecule has 0 spiro atoms. The van der Waals surface area contributed by atoms with E-state index in [2.05, 4.69) is 107 Å². The van der Waals surface area contributed by atoms with E-state index in [9.17, 15) is 4.39 Å². The van der Waals surface area contributed by atoms with E-state index in [1.54, 1.807) is 0 Å². The molecule has 0 aliphatic heterocycles. The van der Waals surface area contributed by atoms with E-state index in [1.807, 2.05) is 18.2 Å². The second-order valence-corrected chi connectivity index (χ2v) is 14.1. The summed E-state index contributed by atoms with van der Waals surface area (Å²) in [6.07, 6.45) is 8.61. The molecule has 3 aromatic rings. The van der Waals surface area contributed by atoms with Crippen LogP contribution in [0.3, 0.4) is 0 Å². The summed E-state index contributed by atoms with van der Waals surface area (Å²) in [4.78, 5) is 0. The standard InChI is InChI=1S/C12H10.C10H15FN.C9H13.C6H7Ge.CH3.Zr/c1-3-7-11(8-4-1)12-9-5-2-6-10-12;11-9-2-7-1-8(3-9)5-10(12,4-7)6-9;1-6-5-7(2)9(4)8(6)3;7-6-4-2-1-3-5-6;;/h1-10H;7-8,12H,1-6H2;6H,1-4H3;1-5H,7H2;1H3;/q;2*-1;;-1;+3. The normalized spacial score (nSPS) is 27.9. The fraction of sp³-hybridized carbons (Fsp3) is 0.395. The molecule has 3 atom stereocenters. The van der Waals surface area contributed by atoms with Gasteiger partial charge in [0.15, 0.2) is 0 Å². The zero-order valence-electron chi connectivity index (χ0n) is 26.2. The van der Waals surface area contributed by atoms with E-state index in [0.717, 1.165) is 25.7 Å². The molecule has 42 heavy (non-hydrogen) atoms. The zero-order valence-corrected chi connectivity index (χ0v) is 31.6. The summed E-state index contributed by atoms with van der Waals surface area (Å²) in [6, 6.07) is 31.2. The summed E-state index contributed by atoms with van der Waals surface area (Å²) in [5.41, 5.74) is 13.6. The van der Waals surface area contributed by atoms with Crippen molar-refractivity contribution >= 4 is 20.9 Å². The van der Waals surface area contributed by atoms with Crippen molar-refractivity contribution in [2.24, 2.45) is 17.8 Å². The summed E-state index contributed by atoms with van der Waals surface area (Å²) in [7, 11) is 0. The molecule has 0 heterocycles. The van der Waals surface area contributed by atoms with Gasteiger partial charge in [0.25, 0.3) is 0 Å². The maximum atomic E-state index is 14.0. The molecule has 3 unspecified atom stereocenters. The maximum absolute atomic E-state index is 14.0. The van der Waals surface area contributed by atoms with E-state index in [-0.39, 0.29) is 39.2 Å². The van der Waals surface area contributed by atoms with Gasteiger partial charge in [-0.3, -0.25) is 6.08 Å². The molecule has 1 nitrogen and oxygen atoms in total. The topological polar surface area (TPSA) is 23.8 Å². The van der Waals surface area contributed by atoms with Crippen molar-refractivity contribution in [3.8, 4) is 11.1 Å². The van der Waals surface area contributed by atoms with Crippen LogP contribution >= 0.6 is 0 Å². The Bertz CT molecular complexity index is 1220. The van der Waals surface area contributed by atoms with Crippen LogP contribution in [0.5, 0.6) is 0 Å². The fourth-order valence-electron chi connectivity index (χ4n) is 7.05. The third kappa shape index (κ3) is 10.3. The van der Waals surface area contributed by atoms with E-state index >= 15 is 0 Å². The van der Waals surface area contributed by atoms with Gasteiger partial charge in [-0.25, -0.2) is 9.96 Å². The van der Waals surface area contributed by atoms with Gasteiger partial charge in [0.2, 0.25) is 0 Å². The number of alkyl halides is 1. The minimum absolute atomic E-state index is 0. The Kier molecular flexibility index (Phi) is 14.4. The Labute approximate surface area is 283 Å². The predicted octanol–water partition coefficient (Wildman–Crippen LogP) is 9.57. The van der Waals surface area contributed by atoms with Crippen LogP contribution in [0.4, 0.5) is 4.39 Å². The Balaban J connectivity index is 0.000000197. The predicted molar refractivity (Wildman–Crippen MR) is 178 cm³/mol. The summed E-state index contributed by atoms with van der Waals surface area (Å²) in [5, 5.41) is 0. The van der Waals surface area contributed by atoms with Gasteiger partial charge < -0.3 is 13.2 Å². The van der Waals surface area contributed by atoms with E-state index in [4.69, 9.17) is 5.73 Å². The minimum atomic E-state index is -0.925. The molecule has 4 saturated carbocycles. The van der Waals surface area contributed by atoms with Crippen LogP contribution in [0.2, 0.25) is 0 Å². The molecule has 5 aliphatic rings. The number of hydrogen-bond donors (Lipinski definition) is 0. The second-order valence-electron chi connectivity index (χ2n) is 12.4. The molecule has 8 rings (SSSR count). The summed E-state index contributed by atoms with van der Waals surface area (Å²) in [6.45, 7) is 8.67. The molecular weight excluding hydrogens is 653 g/mol. The van der Waals surface area contributed by atoms with E-state index < -0.39 is 5.67 Å². The number of rotatable bonds is 1. The van der Waals surface area contributed by atoms with Crippen molar-refractivity contribution in [1.82, 2.24) is 0 Å². The van der Waals surface area contributed by atoms with Gasteiger partial charge in [-0.1, -0.05) is 100 Å². The molecule has 4 bridgehead atoms. The Morgan fingerprint density at radius 1 is 0.762 bits per heavy atom. The van der Waals surface area contributed by atoms with Gasteiger partial charge in [-0.05, 0) is 48.6 Å². The van der Waals surface area contributed by atoms with Crippen molar-refractivity contribution in [3.05, 3.63) is 127 Å². The number of nitrogens with one attached hydrogen (secondary N) is 1. The third-order valence-electron chi connectivity index (χ3n) is 8.95. The van der Waals surface area contributed by atoms with Crippen molar-refractivity contribution in [1.29, 1.82) is 0 Å². The molecule has 0 amide bonds. The number of benzene rings is 3. The first-order valence-corrected chi connectivity index (χ1v) is 16.2. The third-order valence-corrected chi connectivity index (χ3v) is 9.94. The maximum Gasteiger partial charge on any atom is 3.00 e. The molecule has 0 aromatic heterocycles. The number of allylic oxidation sites excluding steroid dienone is 4. The molecule has 0 saturated heterocycles. The molecule has 4 fully saturated rings. The van der Waals surface area contributed by atoms with Crippen molar-refractivity contribution in [2.45, 2.75) is 77.4 Å². The van der Waals surface area contributed by atoms with Crippen molar-refractivity contribution < 1.29 is 30.6 Å². The van der Waals surface area contributed by atoms with Gasteiger partial charge >= 0.3 is 77.4 Å². The monoisotopic (exact) mass is 701 g/mol. The molecule has 2 radical (unpaired) electrons. The van der Waals surface area contributed by atoms with Gasteiger partial charge in [0.1, 0.15) is 5.67 Å². The fourth-order valence-corrected chi connectivity index (χ4v) is 7.62. The van der Waals surface area contributed by atoms with Crippen LogP contribution in [0.25, 0.3) is 16.9 Å². The molecule has 1 N–H and O–H groups in total. The largest absolute Gasteiger partial charge is 3.00 e. The average molecular weight is 702 g/mol. The minimum Gasteiger partial charge on any atom is -0.672 e. The number of halogens is 1. The van der Waals surface area contributed by atoms with Crippen LogP contribution < -0.4 is 4.40 Å². The van der Waals surface area contributed by atoms with Crippen molar-refractivity contribution in [3.63, 3.8) is 0 Å². The quantitative estimate of drug-likeness (QED) is 0.178. The Hall–Kier alpha value is -1.54. The first kappa shape index (κ1) is 36.6. The first-order chi connectivity index (χ1) is 19.1. The van der Waals surface area contributed by atoms with Crippen LogP contribution in [-0.4, -0.2) is 27.7 Å². The van der Waals surface area contributed by atoms with Crippen LogP contribution in [0.15, 0.2) is 108 Å². The molecular formula is C38H48FGeNZr. The van der Waals surface area contributed by atoms with E-state index in [1.165, 1.54) is 55.2 Å². The second kappa shape index (κ2) is 16.5. The molecule has 3 aromatic carbocycles. The summed E-state index contributed by atoms with van der Waals surface area (Å²) < 4.78 is 15.5. The number of hydrogen-bond acceptors (Lipinski definition) is 0. The van der Waals surface area contributed by atoms with Crippen molar-refractivity contribution in [2.75, 3.05) is 0 Å². The van der Waals surface area contributed by atoms with Crippen LogP contribution in [0, 0.1) is 31.3 Å². The van der Waals surface area contributed by atoms with Crippen LogP contribution in [-0.2, 0) is 26.2 Å². The molecule has 4 heteroatoms. The summed E-state index contributed by atoms with van der Waals surface area (Å²) in [5.74, 6) is 1.66. The summed E-state index contributed by atoms with van der Waals surface area (Å²) >= 11 is 1.26. The molecule has 220 valence electrons.